The van der Waals surface area contributed by atoms with Crippen molar-refractivity contribution in [2.75, 3.05) is 6.61 Å². The highest BCUT2D eigenvalue weighted by Gasteiger charge is 2.37. The lowest BCUT2D eigenvalue weighted by molar-refractivity contribution is -0.141. The Morgan fingerprint density at radius 2 is 1.56 bits per heavy atom. The van der Waals surface area contributed by atoms with E-state index in [4.69, 9.17) is 4.74 Å². The predicted octanol–water partition coefficient (Wildman–Crippen LogP) is 4.06. The van der Waals surface area contributed by atoms with E-state index in [9.17, 15) is 19.5 Å². The molecule has 0 aliphatic heterocycles. The minimum Gasteiger partial charge on any atom is -0.481 e. The highest BCUT2D eigenvalue weighted by molar-refractivity contribution is 5.82. The van der Waals surface area contributed by atoms with Crippen molar-refractivity contribution < 1.29 is 24.2 Å². The maximum absolute atomic E-state index is 12.9. The lowest BCUT2D eigenvalue weighted by atomic mass is 9.98. The zero-order valence-corrected chi connectivity index (χ0v) is 19.0. The molecule has 2 amide bonds. The van der Waals surface area contributed by atoms with Crippen LogP contribution in [-0.2, 0) is 14.3 Å². The van der Waals surface area contributed by atoms with Gasteiger partial charge in [0.2, 0.25) is 5.91 Å². The first kappa shape index (κ1) is 22.4. The van der Waals surface area contributed by atoms with Gasteiger partial charge >= 0.3 is 12.1 Å². The fourth-order valence-electron chi connectivity index (χ4n) is 5.88. The van der Waals surface area contributed by atoms with E-state index in [1.54, 1.807) is 0 Å². The second-order valence-corrected chi connectivity index (χ2v) is 9.67. The number of carbonyl (C=O) groups is 3. The van der Waals surface area contributed by atoms with Crippen molar-refractivity contribution >= 4 is 18.0 Å². The number of fused-ring (bicyclic) bond motifs is 3. The van der Waals surface area contributed by atoms with Crippen LogP contribution in [0.15, 0.2) is 48.5 Å². The molecule has 0 radical (unpaired) electrons. The van der Waals surface area contributed by atoms with Crippen molar-refractivity contribution in [2.24, 2.45) is 11.8 Å². The molecule has 3 aliphatic carbocycles. The number of carboxylic acids is 1. The summed E-state index contributed by atoms with van der Waals surface area (Å²) in [6, 6.07) is 16.0. The Hall–Kier alpha value is -3.35. The van der Waals surface area contributed by atoms with Gasteiger partial charge in [-0.15, -0.1) is 0 Å². The van der Waals surface area contributed by atoms with Crippen molar-refractivity contribution in [1.82, 2.24) is 10.6 Å². The van der Waals surface area contributed by atoms with Gasteiger partial charge in [0, 0.05) is 18.0 Å². The fraction of sp³-hybridized carbons (Fsp3) is 0.444. The third-order valence-corrected chi connectivity index (χ3v) is 7.63. The molecule has 34 heavy (non-hydrogen) atoms. The van der Waals surface area contributed by atoms with E-state index in [0.29, 0.717) is 25.7 Å². The molecule has 2 saturated carbocycles. The number of hydrogen-bond donors (Lipinski definition) is 3. The second kappa shape index (κ2) is 9.49. The third kappa shape index (κ3) is 4.39. The average molecular weight is 463 g/mol. The van der Waals surface area contributed by atoms with Crippen LogP contribution in [0.1, 0.15) is 55.6 Å². The minimum absolute atomic E-state index is 0.00892. The van der Waals surface area contributed by atoms with Crippen LogP contribution in [0.25, 0.3) is 11.1 Å². The zero-order chi connectivity index (χ0) is 23.7. The number of ether oxygens (including phenoxy) is 1. The monoisotopic (exact) mass is 462 g/mol. The minimum atomic E-state index is -0.799. The summed E-state index contributed by atoms with van der Waals surface area (Å²) < 4.78 is 5.66. The van der Waals surface area contributed by atoms with Crippen molar-refractivity contribution in [3.8, 4) is 11.1 Å². The Bertz CT molecular complexity index is 1050. The van der Waals surface area contributed by atoms with Crippen molar-refractivity contribution in [3.05, 3.63) is 59.7 Å². The molecular formula is C27H30N2O5. The summed E-state index contributed by atoms with van der Waals surface area (Å²) in [5.74, 6) is -1.61. The van der Waals surface area contributed by atoms with Gasteiger partial charge in [0.25, 0.3) is 0 Å². The molecule has 0 saturated heterocycles. The van der Waals surface area contributed by atoms with Gasteiger partial charge in [-0.25, -0.2) is 4.79 Å². The topological polar surface area (TPSA) is 105 Å². The molecule has 7 nitrogen and oxygen atoms in total. The highest BCUT2D eigenvalue weighted by atomic mass is 16.5. The quantitative estimate of drug-likeness (QED) is 0.600. The molecule has 0 heterocycles. The molecule has 5 rings (SSSR count). The molecular weight excluding hydrogens is 432 g/mol. The number of hydrogen-bond acceptors (Lipinski definition) is 4. The van der Waals surface area contributed by atoms with Crippen LogP contribution in [0, 0.1) is 11.8 Å². The normalized spacial score (nSPS) is 25.4. The lowest BCUT2D eigenvalue weighted by Crippen LogP contribution is -2.46. The molecule has 4 unspecified atom stereocenters. The van der Waals surface area contributed by atoms with Gasteiger partial charge in [-0.2, -0.15) is 0 Å². The smallest absolute Gasteiger partial charge is 0.407 e. The van der Waals surface area contributed by atoms with Crippen LogP contribution in [0.4, 0.5) is 4.79 Å². The van der Waals surface area contributed by atoms with Gasteiger partial charge in [-0.1, -0.05) is 55.0 Å². The van der Waals surface area contributed by atoms with E-state index in [0.717, 1.165) is 24.0 Å². The van der Waals surface area contributed by atoms with Crippen LogP contribution in [-0.4, -0.2) is 41.8 Å². The van der Waals surface area contributed by atoms with Crippen molar-refractivity contribution in [1.29, 1.82) is 0 Å². The van der Waals surface area contributed by atoms with Gasteiger partial charge in [-0.05, 0) is 54.4 Å². The molecule has 0 bridgehead atoms. The van der Waals surface area contributed by atoms with Gasteiger partial charge in [0.1, 0.15) is 6.61 Å². The zero-order valence-electron chi connectivity index (χ0n) is 19.0. The summed E-state index contributed by atoms with van der Waals surface area (Å²) in [7, 11) is 0. The second-order valence-electron chi connectivity index (χ2n) is 9.67. The van der Waals surface area contributed by atoms with E-state index < -0.39 is 12.1 Å². The molecule has 4 atom stereocenters. The molecule has 2 aromatic carbocycles. The molecule has 2 aromatic rings. The molecule has 7 heteroatoms. The Morgan fingerprint density at radius 3 is 2.21 bits per heavy atom. The molecule has 2 fully saturated rings. The number of benzene rings is 2. The molecule has 3 N–H and O–H groups in total. The van der Waals surface area contributed by atoms with E-state index >= 15 is 0 Å². The van der Waals surface area contributed by atoms with Crippen molar-refractivity contribution in [3.63, 3.8) is 0 Å². The Morgan fingerprint density at radius 1 is 0.882 bits per heavy atom. The standard InChI is InChI=1S/C27H30N2O5/c30-25(28-17-13-12-16(14-17)26(31)32)22-10-5-11-24(22)29-27(33)34-15-23-20-8-3-1-6-18(20)19-7-2-4-9-21(19)23/h1-4,6-9,16-17,22-24H,5,10-15H2,(H,28,30)(H,29,33)(H,31,32). The molecule has 178 valence electrons. The summed E-state index contributed by atoms with van der Waals surface area (Å²) >= 11 is 0. The van der Waals surface area contributed by atoms with Gasteiger partial charge in [-0.3, -0.25) is 9.59 Å². The van der Waals surface area contributed by atoms with Crippen LogP contribution in [0.5, 0.6) is 0 Å². The van der Waals surface area contributed by atoms with Crippen LogP contribution in [0.2, 0.25) is 0 Å². The maximum atomic E-state index is 12.9. The molecule has 3 aliphatic rings. The fourth-order valence-corrected chi connectivity index (χ4v) is 5.88. The number of aliphatic carboxylic acids is 1. The summed E-state index contributed by atoms with van der Waals surface area (Å²) in [6.07, 6.45) is 3.53. The summed E-state index contributed by atoms with van der Waals surface area (Å²) in [6.45, 7) is 0.238. The number of carboxylic acid groups (broad SMARTS) is 1. The highest BCUT2D eigenvalue weighted by Crippen LogP contribution is 2.44. The Kier molecular flexibility index (Phi) is 6.26. The molecule has 0 spiro atoms. The first-order chi connectivity index (χ1) is 16.5. The number of nitrogens with one attached hydrogen (secondary N) is 2. The van der Waals surface area contributed by atoms with Crippen LogP contribution in [0.3, 0.4) is 0 Å². The number of rotatable bonds is 6. The number of carbonyl (C=O) groups excluding carboxylic acids is 2. The summed E-state index contributed by atoms with van der Waals surface area (Å²) in [4.78, 5) is 36.7. The van der Waals surface area contributed by atoms with Crippen LogP contribution >= 0.6 is 0 Å². The van der Waals surface area contributed by atoms with E-state index in [-0.39, 0.29) is 42.4 Å². The Balaban J connectivity index is 1.17. The predicted molar refractivity (Wildman–Crippen MR) is 126 cm³/mol. The van der Waals surface area contributed by atoms with Crippen LogP contribution < -0.4 is 10.6 Å². The Labute approximate surface area is 198 Å². The van der Waals surface area contributed by atoms with Gasteiger partial charge in [0.05, 0.1) is 11.8 Å². The van der Waals surface area contributed by atoms with Crippen molar-refractivity contribution in [2.45, 2.75) is 56.5 Å². The summed E-state index contributed by atoms with van der Waals surface area (Å²) in [5, 5.41) is 15.1. The number of amides is 2. The molecule has 0 aromatic heterocycles. The largest absolute Gasteiger partial charge is 0.481 e. The maximum Gasteiger partial charge on any atom is 0.407 e. The first-order valence-corrected chi connectivity index (χ1v) is 12.2. The summed E-state index contributed by atoms with van der Waals surface area (Å²) in [5.41, 5.74) is 4.67. The SMILES string of the molecule is O=C(NC1CCCC1C(=O)NC1CCC(C(=O)O)C1)OCC1c2ccccc2-c2ccccc21. The van der Waals surface area contributed by atoms with E-state index in [1.807, 2.05) is 24.3 Å². The number of alkyl carbamates (subject to hydrolysis) is 1. The van der Waals surface area contributed by atoms with E-state index in [1.165, 1.54) is 11.1 Å². The first-order valence-electron chi connectivity index (χ1n) is 12.2. The average Bonchev–Trinajstić information content (AvgIpc) is 3.56. The van der Waals surface area contributed by atoms with Gasteiger partial charge in [0.15, 0.2) is 0 Å². The van der Waals surface area contributed by atoms with Gasteiger partial charge < -0.3 is 20.5 Å². The van der Waals surface area contributed by atoms with E-state index in [2.05, 4.69) is 34.9 Å². The third-order valence-electron chi connectivity index (χ3n) is 7.63. The lowest BCUT2D eigenvalue weighted by Gasteiger charge is -2.23.